The van der Waals surface area contributed by atoms with Gasteiger partial charge in [0.15, 0.2) is 0 Å². The molecule has 0 unspecified atom stereocenters. The summed E-state index contributed by atoms with van der Waals surface area (Å²) < 4.78 is 14.0. The molecule has 0 saturated heterocycles. The van der Waals surface area contributed by atoms with E-state index in [0.29, 0.717) is 12.1 Å². The highest BCUT2D eigenvalue weighted by Gasteiger charge is 2.33. The van der Waals surface area contributed by atoms with E-state index in [2.05, 4.69) is 5.16 Å². The molecule has 1 aliphatic carbocycles. The summed E-state index contributed by atoms with van der Waals surface area (Å²) in [5.41, 5.74) is 5.95. The number of rotatable bonds is 5. The maximum absolute atomic E-state index is 14.0. The Hall–Kier alpha value is -2.11. The minimum atomic E-state index is -0.480. The molecule has 1 aliphatic rings. The Morgan fingerprint density at radius 1 is 1.55 bits per heavy atom. The van der Waals surface area contributed by atoms with Crippen molar-refractivity contribution in [1.82, 2.24) is 4.90 Å². The molecule has 108 valence electrons. The molecule has 1 amide bonds. The second-order valence-electron chi connectivity index (χ2n) is 5.01. The zero-order valence-electron chi connectivity index (χ0n) is 11.3. The number of benzene rings is 1. The molecule has 2 rings (SSSR count). The molecular weight excluding hydrogens is 261 g/mol. The summed E-state index contributed by atoms with van der Waals surface area (Å²) in [5, 5.41) is 11.4. The van der Waals surface area contributed by atoms with Gasteiger partial charge in [0, 0.05) is 19.0 Å². The van der Waals surface area contributed by atoms with Crippen molar-refractivity contribution in [3.8, 4) is 0 Å². The molecule has 0 heterocycles. The number of halogens is 1. The third-order valence-corrected chi connectivity index (χ3v) is 3.41. The van der Waals surface area contributed by atoms with Crippen molar-refractivity contribution >= 4 is 11.7 Å². The molecule has 0 aliphatic heterocycles. The summed E-state index contributed by atoms with van der Waals surface area (Å²) >= 11 is 0. The molecule has 5 nitrogen and oxygen atoms in total. The largest absolute Gasteiger partial charge is 0.409 e. The number of amides is 1. The van der Waals surface area contributed by atoms with E-state index in [-0.39, 0.29) is 29.8 Å². The Morgan fingerprint density at radius 3 is 2.85 bits per heavy atom. The van der Waals surface area contributed by atoms with Crippen molar-refractivity contribution in [3.63, 3.8) is 0 Å². The number of nitrogens with zero attached hydrogens (tertiary/aromatic N) is 2. The Bertz CT molecular complexity index is 541. The molecule has 0 atom stereocenters. The van der Waals surface area contributed by atoms with Gasteiger partial charge in [-0.1, -0.05) is 17.3 Å². The lowest BCUT2D eigenvalue weighted by atomic mass is 10.1. The molecule has 3 N–H and O–H groups in total. The van der Waals surface area contributed by atoms with Crippen LogP contribution in [0.3, 0.4) is 0 Å². The maximum Gasteiger partial charge on any atom is 0.257 e. The number of nitrogens with two attached hydrogens (primary N) is 1. The Balaban J connectivity index is 2.17. The molecule has 0 spiro atoms. The van der Waals surface area contributed by atoms with Crippen LogP contribution >= 0.6 is 0 Å². The van der Waals surface area contributed by atoms with Gasteiger partial charge in [0.1, 0.15) is 11.7 Å². The fourth-order valence-corrected chi connectivity index (χ4v) is 2.09. The summed E-state index contributed by atoms with van der Waals surface area (Å²) in [4.78, 5) is 14.1. The predicted molar refractivity (Wildman–Crippen MR) is 73.2 cm³/mol. The van der Waals surface area contributed by atoms with E-state index >= 15 is 0 Å². The third kappa shape index (κ3) is 3.07. The van der Waals surface area contributed by atoms with Crippen LogP contribution in [0.4, 0.5) is 4.39 Å². The van der Waals surface area contributed by atoms with Crippen LogP contribution in [0.2, 0.25) is 0 Å². The van der Waals surface area contributed by atoms with E-state index in [9.17, 15) is 9.18 Å². The van der Waals surface area contributed by atoms with Crippen molar-refractivity contribution in [3.05, 3.63) is 35.1 Å². The first kappa shape index (κ1) is 14.3. The quantitative estimate of drug-likeness (QED) is 0.374. The van der Waals surface area contributed by atoms with Crippen molar-refractivity contribution in [2.45, 2.75) is 32.2 Å². The lowest BCUT2D eigenvalue weighted by Crippen LogP contribution is -2.36. The number of oxime groups is 1. The van der Waals surface area contributed by atoms with Crippen LogP contribution < -0.4 is 5.73 Å². The van der Waals surface area contributed by atoms with Gasteiger partial charge in [0.2, 0.25) is 0 Å². The summed E-state index contributed by atoms with van der Waals surface area (Å²) in [6.45, 7) is 1.96. The summed E-state index contributed by atoms with van der Waals surface area (Å²) in [6, 6.07) is 4.92. The lowest BCUT2D eigenvalue weighted by Gasteiger charge is -2.22. The van der Waals surface area contributed by atoms with E-state index in [1.807, 2.05) is 0 Å². The van der Waals surface area contributed by atoms with E-state index < -0.39 is 5.82 Å². The number of amidine groups is 1. The predicted octanol–water partition coefficient (Wildman–Crippen LogP) is 1.88. The first-order valence-corrected chi connectivity index (χ1v) is 6.57. The van der Waals surface area contributed by atoms with Crippen molar-refractivity contribution in [1.29, 1.82) is 0 Å². The topological polar surface area (TPSA) is 78.9 Å². The molecule has 1 aromatic carbocycles. The molecule has 0 bridgehead atoms. The van der Waals surface area contributed by atoms with Gasteiger partial charge in [-0.05, 0) is 31.4 Å². The summed E-state index contributed by atoms with van der Waals surface area (Å²) in [5.74, 6) is -0.750. The highest BCUT2D eigenvalue weighted by atomic mass is 19.1. The zero-order valence-corrected chi connectivity index (χ0v) is 11.3. The monoisotopic (exact) mass is 279 g/mol. The molecule has 1 fully saturated rings. The van der Waals surface area contributed by atoms with Gasteiger partial charge in [-0.15, -0.1) is 0 Å². The maximum atomic E-state index is 14.0. The fraction of sp³-hybridized carbons (Fsp3) is 0.429. The fourth-order valence-electron chi connectivity index (χ4n) is 2.09. The molecule has 0 radical (unpaired) electrons. The van der Waals surface area contributed by atoms with Crippen LogP contribution in [0.5, 0.6) is 0 Å². The van der Waals surface area contributed by atoms with Crippen LogP contribution in [0.25, 0.3) is 0 Å². The van der Waals surface area contributed by atoms with Gasteiger partial charge in [0.05, 0.1) is 5.56 Å². The van der Waals surface area contributed by atoms with Crippen LogP contribution in [-0.2, 0) is 0 Å². The van der Waals surface area contributed by atoms with Gasteiger partial charge in [-0.25, -0.2) is 4.39 Å². The van der Waals surface area contributed by atoms with E-state index in [4.69, 9.17) is 10.9 Å². The zero-order chi connectivity index (χ0) is 14.7. The van der Waals surface area contributed by atoms with Gasteiger partial charge < -0.3 is 15.8 Å². The highest BCUT2D eigenvalue weighted by Crippen LogP contribution is 2.29. The van der Waals surface area contributed by atoms with E-state index in [1.54, 1.807) is 24.0 Å². The molecular formula is C14H18FN3O2. The number of aryl methyl sites for hydroxylation is 1. The van der Waals surface area contributed by atoms with Crippen LogP contribution in [0.1, 0.15) is 35.2 Å². The van der Waals surface area contributed by atoms with Crippen molar-refractivity contribution < 1.29 is 14.4 Å². The van der Waals surface area contributed by atoms with E-state index in [1.165, 1.54) is 6.07 Å². The number of carbonyl (C=O) groups excluding carboxylic acids is 1. The average Bonchev–Trinajstić information content (AvgIpc) is 3.26. The molecule has 20 heavy (non-hydrogen) atoms. The minimum Gasteiger partial charge on any atom is -0.409 e. The Kier molecular flexibility index (Phi) is 4.22. The van der Waals surface area contributed by atoms with Crippen LogP contribution in [0, 0.1) is 12.7 Å². The number of carbonyl (C=O) groups is 1. The standard InChI is InChI=1S/C14H18FN3O2/c1-9-3-2-4-11(13(9)15)14(19)18(10-5-6-10)8-7-12(16)17-20/h2-4,10,20H,5-8H2,1H3,(H2,16,17). The van der Waals surface area contributed by atoms with Gasteiger partial charge in [-0.3, -0.25) is 4.79 Å². The van der Waals surface area contributed by atoms with Crippen molar-refractivity contribution in [2.24, 2.45) is 10.9 Å². The normalized spacial score (nSPS) is 15.2. The SMILES string of the molecule is Cc1cccc(C(=O)N(CC/C(N)=N/O)C2CC2)c1F. The second-order valence-corrected chi connectivity index (χ2v) is 5.01. The average molecular weight is 279 g/mol. The lowest BCUT2D eigenvalue weighted by molar-refractivity contribution is 0.0742. The second kappa shape index (κ2) is 5.90. The molecule has 1 aromatic rings. The minimum absolute atomic E-state index is 0.0631. The van der Waals surface area contributed by atoms with Gasteiger partial charge in [0.25, 0.3) is 5.91 Å². The number of hydrogen-bond donors (Lipinski definition) is 2. The molecule has 0 aromatic heterocycles. The first-order chi connectivity index (χ1) is 9.54. The molecule has 1 saturated carbocycles. The van der Waals surface area contributed by atoms with Crippen molar-refractivity contribution in [2.75, 3.05) is 6.54 Å². The Labute approximate surface area is 116 Å². The first-order valence-electron chi connectivity index (χ1n) is 6.57. The summed E-state index contributed by atoms with van der Waals surface area (Å²) in [6.07, 6.45) is 2.09. The van der Waals surface area contributed by atoms with Gasteiger partial charge in [-0.2, -0.15) is 0 Å². The van der Waals surface area contributed by atoms with Crippen LogP contribution in [-0.4, -0.2) is 34.4 Å². The van der Waals surface area contributed by atoms with Crippen LogP contribution in [0.15, 0.2) is 23.4 Å². The Morgan fingerprint density at radius 2 is 2.25 bits per heavy atom. The third-order valence-electron chi connectivity index (χ3n) is 3.41. The van der Waals surface area contributed by atoms with Gasteiger partial charge >= 0.3 is 0 Å². The smallest absolute Gasteiger partial charge is 0.257 e. The molecule has 6 heteroatoms. The van der Waals surface area contributed by atoms with E-state index in [0.717, 1.165) is 12.8 Å². The summed E-state index contributed by atoms with van der Waals surface area (Å²) in [7, 11) is 0. The highest BCUT2D eigenvalue weighted by molar-refractivity contribution is 5.95. The number of hydrogen-bond acceptors (Lipinski definition) is 3.